The van der Waals surface area contributed by atoms with Gasteiger partial charge in [-0.25, -0.2) is 0 Å². The molecule has 12 heteroatoms. The number of nitrogens with one attached hydrogen (secondary N) is 1. The zero-order chi connectivity index (χ0) is 24.1. The van der Waals surface area contributed by atoms with Gasteiger partial charge in [0, 0.05) is 25.4 Å². The number of morpholine rings is 1. The van der Waals surface area contributed by atoms with Gasteiger partial charge in [-0.2, -0.15) is 18.2 Å². The first kappa shape index (κ1) is 25.8. The van der Waals surface area contributed by atoms with Crippen molar-refractivity contribution >= 4 is 17.6 Å². The van der Waals surface area contributed by atoms with Crippen LogP contribution in [0, 0.1) is 11.3 Å². The van der Waals surface area contributed by atoms with Crippen molar-refractivity contribution < 1.29 is 36.8 Å². The number of amides is 2. The Kier molecular flexibility index (Phi) is 8.38. The molecule has 1 aliphatic rings. The SMILES string of the molecule is CC[C@H](NC(=O)C(CC(=O)N1CCOCC1)CC(C)(C)C)C(=O)c1noc(C(F)(F)F)n1. The van der Waals surface area contributed by atoms with Gasteiger partial charge in [0.2, 0.25) is 23.4 Å². The molecule has 0 aromatic carbocycles. The maximum atomic E-state index is 13.0. The zero-order valence-corrected chi connectivity index (χ0v) is 18.6. The van der Waals surface area contributed by atoms with Gasteiger partial charge in [0.15, 0.2) is 0 Å². The van der Waals surface area contributed by atoms with Crippen molar-refractivity contribution in [3.8, 4) is 0 Å². The molecule has 0 saturated carbocycles. The molecule has 1 aromatic rings. The van der Waals surface area contributed by atoms with Gasteiger partial charge < -0.3 is 19.5 Å². The van der Waals surface area contributed by atoms with E-state index in [2.05, 4.69) is 20.0 Å². The first-order chi connectivity index (χ1) is 14.8. The van der Waals surface area contributed by atoms with Crippen LogP contribution < -0.4 is 5.32 Å². The number of ether oxygens (including phenoxy) is 1. The number of rotatable bonds is 8. The fraction of sp³-hybridized carbons (Fsp3) is 0.750. The maximum Gasteiger partial charge on any atom is 0.471 e. The quantitative estimate of drug-likeness (QED) is 0.590. The standard InChI is InChI=1S/C20H29F3N4O5/c1-5-13(15(29)16-25-18(32-26-16)20(21,22)23)24-17(30)12(11-19(2,3)4)10-14(28)27-6-8-31-9-7-27/h12-13H,5-11H2,1-4H3,(H,24,30)/t12?,13-/m0/s1. The Labute approximate surface area is 184 Å². The molecule has 2 amide bonds. The highest BCUT2D eigenvalue weighted by atomic mass is 19.4. The van der Waals surface area contributed by atoms with Crippen LogP contribution in [0.15, 0.2) is 4.52 Å². The Balaban J connectivity index is 2.12. The summed E-state index contributed by atoms with van der Waals surface area (Å²) >= 11 is 0. The van der Waals surface area contributed by atoms with Gasteiger partial charge in [-0.3, -0.25) is 14.4 Å². The van der Waals surface area contributed by atoms with Crippen molar-refractivity contribution in [1.29, 1.82) is 0 Å². The summed E-state index contributed by atoms with van der Waals surface area (Å²) in [4.78, 5) is 43.0. The average Bonchev–Trinajstić information content (AvgIpc) is 3.21. The third-order valence-electron chi connectivity index (χ3n) is 4.94. The minimum Gasteiger partial charge on any atom is -0.378 e. The van der Waals surface area contributed by atoms with Crippen LogP contribution in [0.2, 0.25) is 0 Å². The second kappa shape index (κ2) is 10.4. The summed E-state index contributed by atoms with van der Waals surface area (Å²) in [6.07, 6.45) is -4.46. The van der Waals surface area contributed by atoms with E-state index in [1.54, 1.807) is 11.8 Å². The normalized spacial score (nSPS) is 17.0. The molecule has 0 spiro atoms. The Morgan fingerprint density at radius 3 is 2.28 bits per heavy atom. The molecule has 9 nitrogen and oxygen atoms in total. The van der Waals surface area contributed by atoms with Gasteiger partial charge in [-0.05, 0) is 18.3 Å². The number of ketones is 1. The Morgan fingerprint density at radius 2 is 1.78 bits per heavy atom. The van der Waals surface area contributed by atoms with E-state index in [1.165, 1.54) is 0 Å². The van der Waals surface area contributed by atoms with Crippen LogP contribution in [0.1, 0.15) is 63.5 Å². The van der Waals surface area contributed by atoms with Crippen molar-refractivity contribution in [2.45, 2.75) is 59.2 Å². The van der Waals surface area contributed by atoms with E-state index in [4.69, 9.17) is 4.74 Å². The summed E-state index contributed by atoms with van der Waals surface area (Å²) in [6, 6.07) is -1.15. The fourth-order valence-electron chi connectivity index (χ4n) is 3.39. The van der Waals surface area contributed by atoms with Crippen LogP contribution >= 0.6 is 0 Å². The lowest BCUT2D eigenvalue weighted by Gasteiger charge is -2.30. The summed E-state index contributed by atoms with van der Waals surface area (Å²) in [5.74, 6) is -4.73. The van der Waals surface area contributed by atoms with Crippen molar-refractivity contribution in [2.75, 3.05) is 26.3 Å². The first-order valence-corrected chi connectivity index (χ1v) is 10.4. The van der Waals surface area contributed by atoms with Gasteiger partial charge in [0.1, 0.15) is 0 Å². The van der Waals surface area contributed by atoms with Crippen molar-refractivity contribution in [3.05, 3.63) is 11.7 Å². The number of hydrogen-bond acceptors (Lipinski definition) is 7. The van der Waals surface area contributed by atoms with Crippen molar-refractivity contribution in [2.24, 2.45) is 11.3 Å². The third-order valence-corrected chi connectivity index (χ3v) is 4.94. The number of carbonyl (C=O) groups excluding carboxylic acids is 3. The summed E-state index contributed by atoms with van der Waals surface area (Å²) < 4.78 is 47.4. The lowest BCUT2D eigenvalue weighted by Crippen LogP contribution is -2.47. The van der Waals surface area contributed by atoms with Crippen LogP contribution in [-0.2, 0) is 20.5 Å². The molecule has 1 aliphatic heterocycles. The Morgan fingerprint density at radius 1 is 1.16 bits per heavy atom. The molecule has 0 aliphatic carbocycles. The molecule has 2 atom stereocenters. The van der Waals surface area contributed by atoms with Crippen LogP contribution in [0.5, 0.6) is 0 Å². The fourth-order valence-corrected chi connectivity index (χ4v) is 3.39. The molecule has 32 heavy (non-hydrogen) atoms. The van der Waals surface area contributed by atoms with Gasteiger partial charge in [-0.15, -0.1) is 0 Å². The average molecular weight is 462 g/mol. The molecule has 180 valence electrons. The molecule has 0 radical (unpaired) electrons. The topological polar surface area (TPSA) is 115 Å². The van der Waals surface area contributed by atoms with Crippen LogP contribution in [0.4, 0.5) is 13.2 Å². The smallest absolute Gasteiger partial charge is 0.378 e. The number of nitrogens with zero attached hydrogens (tertiary/aromatic N) is 3. The third kappa shape index (κ3) is 7.28. The predicted octanol–water partition coefficient (Wildman–Crippen LogP) is 2.47. The molecular weight excluding hydrogens is 433 g/mol. The second-order valence-corrected chi connectivity index (χ2v) is 8.91. The highest BCUT2D eigenvalue weighted by Gasteiger charge is 2.40. The van der Waals surface area contributed by atoms with E-state index in [9.17, 15) is 27.6 Å². The minimum absolute atomic E-state index is 0.0475. The second-order valence-electron chi connectivity index (χ2n) is 8.91. The van der Waals surface area contributed by atoms with Crippen LogP contribution in [0.3, 0.4) is 0 Å². The molecular formula is C20H29F3N4O5. The number of carbonyl (C=O) groups is 3. The number of aromatic nitrogens is 2. The van der Waals surface area contributed by atoms with Gasteiger partial charge >= 0.3 is 12.1 Å². The van der Waals surface area contributed by atoms with E-state index >= 15 is 0 Å². The van der Waals surface area contributed by atoms with Crippen LogP contribution in [-0.4, -0.2) is 65.0 Å². The number of alkyl halides is 3. The maximum absolute atomic E-state index is 13.0. The molecule has 0 bridgehead atoms. The highest BCUT2D eigenvalue weighted by Crippen LogP contribution is 2.29. The molecule has 1 unspecified atom stereocenters. The molecule has 1 aromatic heterocycles. The Bertz CT molecular complexity index is 813. The predicted molar refractivity (Wildman–Crippen MR) is 105 cm³/mol. The highest BCUT2D eigenvalue weighted by molar-refractivity contribution is 5.99. The molecule has 2 rings (SSSR count). The van der Waals surface area contributed by atoms with E-state index in [0.717, 1.165) is 0 Å². The summed E-state index contributed by atoms with van der Waals surface area (Å²) in [5, 5.41) is 5.65. The summed E-state index contributed by atoms with van der Waals surface area (Å²) in [5.41, 5.74) is -0.283. The lowest BCUT2D eigenvalue weighted by molar-refractivity contribution is -0.159. The van der Waals surface area contributed by atoms with Crippen molar-refractivity contribution in [3.63, 3.8) is 0 Å². The molecule has 1 N–H and O–H groups in total. The van der Waals surface area contributed by atoms with E-state index in [0.29, 0.717) is 32.7 Å². The van der Waals surface area contributed by atoms with E-state index < -0.39 is 41.5 Å². The van der Waals surface area contributed by atoms with Crippen LogP contribution in [0.25, 0.3) is 0 Å². The number of Topliss-reactive ketones (excluding diaryl/α,β-unsaturated/α-hetero) is 1. The molecule has 1 fully saturated rings. The number of hydrogen-bond donors (Lipinski definition) is 1. The molecule has 2 heterocycles. The monoisotopic (exact) mass is 462 g/mol. The van der Waals surface area contributed by atoms with Crippen molar-refractivity contribution in [1.82, 2.24) is 20.4 Å². The van der Waals surface area contributed by atoms with E-state index in [-0.39, 0.29) is 24.2 Å². The van der Waals surface area contributed by atoms with E-state index in [1.807, 2.05) is 20.8 Å². The molecule has 1 saturated heterocycles. The Hall–Kier alpha value is -2.50. The number of halogens is 3. The lowest BCUT2D eigenvalue weighted by atomic mass is 9.82. The summed E-state index contributed by atoms with van der Waals surface area (Å²) in [6.45, 7) is 9.10. The van der Waals surface area contributed by atoms with Gasteiger partial charge in [0.25, 0.3) is 0 Å². The zero-order valence-electron chi connectivity index (χ0n) is 18.6. The van der Waals surface area contributed by atoms with Gasteiger partial charge in [-0.1, -0.05) is 32.9 Å². The first-order valence-electron chi connectivity index (χ1n) is 10.4. The largest absolute Gasteiger partial charge is 0.471 e. The minimum atomic E-state index is -4.88. The van der Waals surface area contributed by atoms with Gasteiger partial charge in [0.05, 0.1) is 19.3 Å². The summed E-state index contributed by atoms with van der Waals surface area (Å²) in [7, 11) is 0.